The number of amides is 1. The minimum absolute atomic E-state index is 0.0230. The quantitative estimate of drug-likeness (QED) is 0.780. The predicted octanol–water partition coefficient (Wildman–Crippen LogP) is 4.74. The largest absolute Gasteiger partial charge is 0.481 e. The molecule has 0 aromatic heterocycles. The predicted molar refractivity (Wildman–Crippen MR) is 87.9 cm³/mol. The van der Waals surface area contributed by atoms with E-state index in [0.717, 1.165) is 0 Å². The molecule has 7 heteroatoms. The average molecular weight is 356 g/mol. The fraction of sp³-hybridized carbons (Fsp3) is 0.235. The zero-order valence-corrected chi connectivity index (χ0v) is 13.6. The Labute approximate surface area is 143 Å². The first-order valence-corrected chi connectivity index (χ1v) is 7.64. The number of hydrogen-bond donors (Lipinski definition) is 1. The van der Waals surface area contributed by atoms with Gasteiger partial charge in [0.1, 0.15) is 11.5 Å². The monoisotopic (exact) mass is 355 g/mol. The van der Waals surface area contributed by atoms with Crippen molar-refractivity contribution in [3.63, 3.8) is 0 Å². The molecule has 2 rings (SSSR count). The molecule has 0 spiro atoms. The molecule has 0 heterocycles. The van der Waals surface area contributed by atoms with E-state index in [2.05, 4.69) is 10.1 Å². The van der Waals surface area contributed by atoms with Gasteiger partial charge in [0.2, 0.25) is 0 Å². The summed E-state index contributed by atoms with van der Waals surface area (Å²) in [6, 6.07) is 13.0. The lowest BCUT2D eigenvalue weighted by Crippen LogP contribution is -2.32. The highest BCUT2D eigenvalue weighted by molar-refractivity contribution is 6.32. The van der Waals surface area contributed by atoms with Gasteiger partial charge in [0.05, 0.1) is 5.02 Å². The molecule has 128 valence electrons. The lowest BCUT2D eigenvalue weighted by molar-refractivity contribution is -0.122. The van der Waals surface area contributed by atoms with Gasteiger partial charge in [-0.25, -0.2) is 0 Å². The number of benzene rings is 2. The van der Waals surface area contributed by atoms with Gasteiger partial charge in [-0.3, -0.25) is 4.79 Å². The molecule has 0 saturated carbocycles. The molecule has 0 radical (unpaired) electrons. The van der Waals surface area contributed by atoms with Gasteiger partial charge in [-0.1, -0.05) is 36.7 Å². The fourth-order valence-electron chi connectivity index (χ4n) is 1.98. The Morgan fingerprint density at radius 2 is 1.88 bits per heavy atom. The molecular formula is C17H16ClF2NO3. The summed E-state index contributed by atoms with van der Waals surface area (Å²) in [5, 5.41) is 2.62. The van der Waals surface area contributed by atoms with Crippen LogP contribution in [0.15, 0.2) is 48.5 Å². The zero-order chi connectivity index (χ0) is 17.5. The van der Waals surface area contributed by atoms with Crippen LogP contribution in [-0.4, -0.2) is 18.6 Å². The third-order valence-electron chi connectivity index (χ3n) is 3.10. The van der Waals surface area contributed by atoms with Crippen LogP contribution in [0.4, 0.5) is 14.5 Å². The highest BCUT2D eigenvalue weighted by Gasteiger charge is 2.19. The van der Waals surface area contributed by atoms with E-state index in [1.165, 1.54) is 18.2 Å². The molecule has 0 aliphatic carbocycles. The van der Waals surface area contributed by atoms with Crippen LogP contribution in [0, 0.1) is 0 Å². The second kappa shape index (κ2) is 8.49. The van der Waals surface area contributed by atoms with Crippen LogP contribution in [0.2, 0.25) is 5.02 Å². The summed E-state index contributed by atoms with van der Waals surface area (Å²) < 4.78 is 34.3. The first-order valence-electron chi connectivity index (χ1n) is 7.26. The summed E-state index contributed by atoms with van der Waals surface area (Å²) in [5.74, 6) is 0.0652. The van der Waals surface area contributed by atoms with E-state index < -0.39 is 12.7 Å². The molecule has 2 aromatic carbocycles. The van der Waals surface area contributed by atoms with Gasteiger partial charge in [-0.05, 0) is 36.8 Å². The van der Waals surface area contributed by atoms with Crippen molar-refractivity contribution in [1.82, 2.24) is 0 Å². The molecule has 1 atom stereocenters. The Hall–Kier alpha value is -2.34. The van der Waals surface area contributed by atoms with E-state index in [1.54, 1.807) is 12.1 Å². The average Bonchev–Trinajstić information content (AvgIpc) is 2.55. The first kappa shape index (κ1) is 18.0. The molecule has 0 saturated heterocycles. The smallest absolute Gasteiger partial charge is 0.387 e. The zero-order valence-electron chi connectivity index (χ0n) is 12.8. The molecule has 0 fully saturated rings. The van der Waals surface area contributed by atoms with Crippen LogP contribution < -0.4 is 14.8 Å². The van der Waals surface area contributed by atoms with Crippen LogP contribution in [-0.2, 0) is 4.79 Å². The van der Waals surface area contributed by atoms with Crippen LogP contribution in [0.5, 0.6) is 11.5 Å². The number of halogens is 3. The molecule has 0 bridgehead atoms. The molecule has 2 aromatic rings. The number of carbonyl (C=O) groups is 1. The van der Waals surface area contributed by atoms with Gasteiger partial charge in [-0.2, -0.15) is 8.78 Å². The lowest BCUT2D eigenvalue weighted by atomic mass is 10.2. The van der Waals surface area contributed by atoms with Crippen molar-refractivity contribution in [3.8, 4) is 11.5 Å². The molecule has 0 unspecified atom stereocenters. The van der Waals surface area contributed by atoms with Gasteiger partial charge in [0.15, 0.2) is 6.10 Å². The Balaban J connectivity index is 2.03. The molecule has 0 aliphatic rings. The highest BCUT2D eigenvalue weighted by atomic mass is 35.5. The number of carbonyl (C=O) groups excluding carboxylic acids is 1. The number of hydrogen-bond acceptors (Lipinski definition) is 3. The summed E-state index contributed by atoms with van der Waals surface area (Å²) in [6.07, 6.45) is -0.232. The van der Waals surface area contributed by atoms with Crippen molar-refractivity contribution in [2.24, 2.45) is 0 Å². The molecule has 1 N–H and O–H groups in total. The first-order chi connectivity index (χ1) is 11.5. The highest BCUT2D eigenvalue weighted by Crippen LogP contribution is 2.29. The van der Waals surface area contributed by atoms with E-state index in [9.17, 15) is 13.6 Å². The number of rotatable bonds is 7. The molecule has 4 nitrogen and oxygen atoms in total. The van der Waals surface area contributed by atoms with Crippen LogP contribution >= 0.6 is 11.6 Å². The van der Waals surface area contributed by atoms with Crippen LogP contribution in [0.25, 0.3) is 0 Å². The normalized spacial score (nSPS) is 11.9. The van der Waals surface area contributed by atoms with Gasteiger partial charge in [0, 0.05) is 5.69 Å². The summed E-state index contributed by atoms with van der Waals surface area (Å²) in [5.41, 5.74) is 0.363. The molecule has 0 aliphatic heterocycles. The van der Waals surface area contributed by atoms with Crippen molar-refractivity contribution >= 4 is 23.2 Å². The van der Waals surface area contributed by atoms with Crippen molar-refractivity contribution in [2.75, 3.05) is 5.32 Å². The topological polar surface area (TPSA) is 47.6 Å². The Morgan fingerprint density at radius 1 is 1.17 bits per heavy atom. The maximum Gasteiger partial charge on any atom is 0.387 e. The third-order valence-corrected chi connectivity index (χ3v) is 3.40. The maximum atomic E-state index is 12.3. The molecule has 1 amide bonds. The second-order valence-corrected chi connectivity index (χ2v) is 5.25. The van der Waals surface area contributed by atoms with Gasteiger partial charge in [0.25, 0.3) is 5.91 Å². The van der Waals surface area contributed by atoms with Crippen LogP contribution in [0.3, 0.4) is 0 Å². The maximum absolute atomic E-state index is 12.3. The van der Waals surface area contributed by atoms with E-state index in [-0.39, 0.29) is 16.7 Å². The van der Waals surface area contributed by atoms with Gasteiger partial charge >= 0.3 is 6.61 Å². The number of ether oxygens (including phenoxy) is 2. The number of para-hydroxylation sites is 1. The summed E-state index contributed by atoms with van der Waals surface area (Å²) in [7, 11) is 0. The SMILES string of the molecule is CC[C@@H](Oc1ccccc1)C(=O)Nc1ccc(OC(F)F)c(Cl)c1. The fourth-order valence-corrected chi connectivity index (χ4v) is 2.20. The minimum atomic E-state index is -2.97. The van der Waals surface area contributed by atoms with E-state index >= 15 is 0 Å². The number of anilines is 1. The summed E-state index contributed by atoms with van der Waals surface area (Å²) in [6.45, 7) is -1.15. The number of alkyl halides is 2. The Morgan fingerprint density at radius 3 is 2.46 bits per heavy atom. The standard InChI is InChI=1S/C17H16ClF2NO3/c1-2-14(23-12-6-4-3-5-7-12)16(22)21-11-8-9-15(13(18)10-11)24-17(19)20/h3-10,14,17H,2H2,1H3,(H,21,22)/t14-/m1/s1. The van der Waals surface area contributed by atoms with E-state index in [0.29, 0.717) is 17.9 Å². The summed E-state index contributed by atoms with van der Waals surface area (Å²) >= 11 is 5.86. The van der Waals surface area contributed by atoms with Gasteiger partial charge < -0.3 is 14.8 Å². The molecule has 24 heavy (non-hydrogen) atoms. The van der Waals surface area contributed by atoms with Crippen molar-refractivity contribution < 1.29 is 23.0 Å². The van der Waals surface area contributed by atoms with Crippen molar-refractivity contribution in [3.05, 3.63) is 53.6 Å². The third kappa shape index (κ3) is 5.09. The van der Waals surface area contributed by atoms with Crippen molar-refractivity contribution in [2.45, 2.75) is 26.1 Å². The Bertz CT molecular complexity index is 683. The second-order valence-electron chi connectivity index (χ2n) is 4.84. The lowest BCUT2D eigenvalue weighted by Gasteiger charge is -2.17. The van der Waals surface area contributed by atoms with Crippen LogP contribution in [0.1, 0.15) is 13.3 Å². The minimum Gasteiger partial charge on any atom is -0.481 e. The Kier molecular flexibility index (Phi) is 6.37. The number of nitrogens with one attached hydrogen (secondary N) is 1. The molecular weight excluding hydrogens is 340 g/mol. The van der Waals surface area contributed by atoms with Crippen molar-refractivity contribution in [1.29, 1.82) is 0 Å². The summed E-state index contributed by atoms with van der Waals surface area (Å²) in [4.78, 5) is 12.3. The van der Waals surface area contributed by atoms with Gasteiger partial charge in [-0.15, -0.1) is 0 Å². The van der Waals surface area contributed by atoms with E-state index in [1.807, 2.05) is 25.1 Å². The van der Waals surface area contributed by atoms with E-state index in [4.69, 9.17) is 16.3 Å².